The molecule has 0 unspecified atom stereocenters. The van der Waals surface area contributed by atoms with Crippen LogP contribution in [0, 0.1) is 13.8 Å². The molecule has 21 heavy (non-hydrogen) atoms. The molecule has 1 amide bonds. The molecule has 0 bridgehead atoms. The van der Waals surface area contributed by atoms with Gasteiger partial charge in [-0.05, 0) is 43.1 Å². The average Bonchev–Trinajstić information content (AvgIpc) is 2.82. The van der Waals surface area contributed by atoms with Crippen LogP contribution in [-0.2, 0) is 0 Å². The summed E-state index contributed by atoms with van der Waals surface area (Å²) in [6.45, 7) is 3.36. The van der Waals surface area contributed by atoms with Gasteiger partial charge in [0.25, 0.3) is 5.91 Å². The summed E-state index contributed by atoms with van der Waals surface area (Å²) in [6, 6.07) is 5.07. The van der Waals surface area contributed by atoms with E-state index < -0.39 is 5.97 Å². The summed E-state index contributed by atoms with van der Waals surface area (Å²) in [4.78, 5) is 25.2. The molecule has 0 radical (unpaired) electrons. The fourth-order valence-electron chi connectivity index (χ4n) is 1.99. The molecule has 0 spiro atoms. The van der Waals surface area contributed by atoms with Gasteiger partial charge in [0, 0.05) is 18.3 Å². The number of nitrogen functional groups attached to an aromatic ring is 1. The first kappa shape index (κ1) is 15.0. The van der Waals surface area contributed by atoms with E-state index in [0.717, 1.165) is 11.5 Å². The maximum atomic E-state index is 12.6. The zero-order chi connectivity index (χ0) is 15.7. The molecule has 1 aromatic heterocycles. The van der Waals surface area contributed by atoms with Crippen molar-refractivity contribution in [2.75, 3.05) is 17.7 Å². The average molecular weight is 305 g/mol. The number of carbonyl (C=O) groups is 2. The molecule has 0 saturated carbocycles. The van der Waals surface area contributed by atoms with Crippen molar-refractivity contribution in [1.82, 2.24) is 4.37 Å². The first-order chi connectivity index (χ1) is 9.84. The number of aromatic nitrogens is 1. The number of aromatic carboxylic acids is 1. The number of carboxylic acid groups (broad SMARTS) is 1. The largest absolute Gasteiger partial charge is 0.478 e. The van der Waals surface area contributed by atoms with Gasteiger partial charge in [-0.25, -0.2) is 4.79 Å². The van der Waals surface area contributed by atoms with Crippen molar-refractivity contribution in [3.63, 3.8) is 0 Å². The molecule has 0 atom stereocenters. The Balaban J connectivity index is 2.45. The maximum Gasteiger partial charge on any atom is 0.340 e. The summed E-state index contributed by atoms with van der Waals surface area (Å²) in [6.07, 6.45) is 0. The summed E-state index contributed by atoms with van der Waals surface area (Å²) in [7, 11) is 1.53. The second kappa shape index (κ2) is 5.53. The van der Waals surface area contributed by atoms with Gasteiger partial charge >= 0.3 is 5.97 Å². The van der Waals surface area contributed by atoms with Gasteiger partial charge in [-0.1, -0.05) is 6.07 Å². The number of hydrogen-bond donors (Lipinski definition) is 2. The summed E-state index contributed by atoms with van der Waals surface area (Å²) in [5.74, 6) is -1.41. The molecule has 0 aliphatic heterocycles. The summed E-state index contributed by atoms with van der Waals surface area (Å²) in [5, 5.41) is 9.56. The van der Waals surface area contributed by atoms with Gasteiger partial charge in [-0.3, -0.25) is 4.79 Å². The Hall–Kier alpha value is -2.41. The molecule has 1 aromatic carbocycles. The number of amides is 1. The Morgan fingerprint density at radius 1 is 1.33 bits per heavy atom. The first-order valence-corrected chi connectivity index (χ1v) is 6.94. The zero-order valence-electron chi connectivity index (χ0n) is 11.9. The second-order valence-electron chi connectivity index (χ2n) is 4.64. The quantitative estimate of drug-likeness (QED) is 0.848. The molecule has 6 nitrogen and oxygen atoms in total. The van der Waals surface area contributed by atoms with Crippen LogP contribution < -0.4 is 10.6 Å². The lowest BCUT2D eigenvalue weighted by molar-refractivity contribution is 0.0697. The minimum Gasteiger partial charge on any atom is -0.478 e. The molecule has 7 heteroatoms. The van der Waals surface area contributed by atoms with Gasteiger partial charge in [-0.2, -0.15) is 4.37 Å². The van der Waals surface area contributed by atoms with Crippen molar-refractivity contribution < 1.29 is 14.7 Å². The van der Waals surface area contributed by atoms with Crippen LogP contribution in [0.2, 0.25) is 0 Å². The van der Waals surface area contributed by atoms with E-state index in [1.54, 1.807) is 32.0 Å². The van der Waals surface area contributed by atoms with E-state index in [4.69, 9.17) is 5.73 Å². The van der Waals surface area contributed by atoms with Gasteiger partial charge < -0.3 is 15.7 Å². The van der Waals surface area contributed by atoms with E-state index in [1.807, 2.05) is 0 Å². The van der Waals surface area contributed by atoms with Gasteiger partial charge in [0.2, 0.25) is 0 Å². The number of anilines is 2. The molecule has 0 saturated heterocycles. The number of nitrogens with zero attached hydrogens (tertiary/aromatic N) is 2. The molecule has 2 rings (SSSR count). The highest BCUT2D eigenvalue weighted by Crippen LogP contribution is 2.29. The highest BCUT2D eigenvalue weighted by Gasteiger charge is 2.25. The van der Waals surface area contributed by atoms with Crippen molar-refractivity contribution in [3.8, 4) is 0 Å². The van der Waals surface area contributed by atoms with E-state index in [2.05, 4.69) is 4.37 Å². The minimum atomic E-state index is -1.10. The van der Waals surface area contributed by atoms with Crippen LogP contribution in [0.25, 0.3) is 0 Å². The first-order valence-electron chi connectivity index (χ1n) is 6.17. The van der Waals surface area contributed by atoms with E-state index >= 15 is 0 Å². The van der Waals surface area contributed by atoms with Gasteiger partial charge in [-0.15, -0.1) is 0 Å². The fraction of sp³-hybridized carbons (Fsp3) is 0.214. The fourth-order valence-corrected chi connectivity index (χ4v) is 2.84. The molecular formula is C14H15N3O3S. The number of rotatable bonds is 3. The monoisotopic (exact) mass is 305 g/mol. The predicted molar refractivity (Wildman–Crippen MR) is 82.1 cm³/mol. The lowest BCUT2D eigenvalue weighted by Crippen LogP contribution is -2.27. The number of carbonyl (C=O) groups excluding carboxylic acids is 1. The molecule has 2 aromatic rings. The van der Waals surface area contributed by atoms with Gasteiger partial charge in [0.15, 0.2) is 0 Å². The Kier molecular flexibility index (Phi) is 3.95. The molecule has 110 valence electrons. The van der Waals surface area contributed by atoms with Crippen LogP contribution in [0.5, 0.6) is 0 Å². The topological polar surface area (TPSA) is 96.5 Å². The van der Waals surface area contributed by atoms with Crippen LogP contribution in [0.4, 0.5) is 10.7 Å². The van der Waals surface area contributed by atoms with Crippen molar-refractivity contribution >= 4 is 34.1 Å². The molecule has 0 aliphatic rings. The normalized spacial score (nSPS) is 10.4. The Morgan fingerprint density at radius 2 is 2.00 bits per heavy atom. The van der Waals surface area contributed by atoms with E-state index in [0.29, 0.717) is 27.5 Å². The number of benzene rings is 1. The van der Waals surface area contributed by atoms with Crippen LogP contribution >= 0.6 is 11.5 Å². The predicted octanol–water partition coefficient (Wildman–Crippen LogP) is 2.32. The Bertz CT molecular complexity index is 724. The van der Waals surface area contributed by atoms with E-state index in [9.17, 15) is 14.7 Å². The van der Waals surface area contributed by atoms with Gasteiger partial charge in [0.1, 0.15) is 10.6 Å². The number of nitrogens with two attached hydrogens (primary N) is 1. The summed E-state index contributed by atoms with van der Waals surface area (Å²) >= 11 is 0.989. The van der Waals surface area contributed by atoms with Crippen LogP contribution in [0.3, 0.4) is 0 Å². The van der Waals surface area contributed by atoms with E-state index in [-0.39, 0.29) is 11.5 Å². The lowest BCUT2D eigenvalue weighted by Gasteiger charge is -2.17. The summed E-state index contributed by atoms with van der Waals surface area (Å²) in [5.41, 5.74) is 7.89. The van der Waals surface area contributed by atoms with Crippen molar-refractivity contribution in [1.29, 1.82) is 0 Å². The van der Waals surface area contributed by atoms with Crippen LogP contribution in [0.15, 0.2) is 18.2 Å². The number of carboxylic acids is 1. The SMILES string of the molecule is Cc1nsc(N(C)C(=O)c2cccc(N)c2C)c1C(=O)O. The highest BCUT2D eigenvalue weighted by atomic mass is 32.1. The summed E-state index contributed by atoms with van der Waals surface area (Å²) < 4.78 is 4.02. The second-order valence-corrected chi connectivity index (χ2v) is 5.39. The van der Waals surface area contributed by atoms with Crippen molar-refractivity contribution in [3.05, 3.63) is 40.6 Å². The third-order valence-electron chi connectivity index (χ3n) is 3.27. The third-order valence-corrected chi connectivity index (χ3v) is 4.29. The Morgan fingerprint density at radius 3 is 2.62 bits per heavy atom. The van der Waals surface area contributed by atoms with Gasteiger partial charge in [0.05, 0.1) is 5.69 Å². The Labute approximate surface area is 126 Å². The zero-order valence-corrected chi connectivity index (χ0v) is 12.7. The third kappa shape index (κ3) is 2.59. The van der Waals surface area contributed by atoms with Crippen molar-refractivity contribution in [2.45, 2.75) is 13.8 Å². The molecule has 3 N–H and O–H groups in total. The van der Waals surface area contributed by atoms with Crippen molar-refractivity contribution in [2.24, 2.45) is 0 Å². The minimum absolute atomic E-state index is 0.0532. The standard InChI is InChI=1S/C14H15N3O3S/c1-7-9(5-4-6-10(7)15)12(18)17(3)13-11(14(19)20)8(2)16-21-13/h4-6H,15H2,1-3H3,(H,19,20). The smallest absolute Gasteiger partial charge is 0.340 e. The lowest BCUT2D eigenvalue weighted by atomic mass is 10.1. The molecule has 0 aliphatic carbocycles. The highest BCUT2D eigenvalue weighted by molar-refractivity contribution is 7.11. The maximum absolute atomic E-state index is 12.6. The van der Waals surface area contributed by atoms with Crippen LogP contribution in [0.1, 0.15) is 32.0 Å². The molecular weight excluding hydrogens is 290 g/mol. The van der Waals surface area contributed by atoms with E-state index in [1.165, 1.54) is 11.9 Å². The van der Waals surface area contributed by atoms with Crippen LogP contribution in [-0.4, -0.2) is 28.4 Å². The number of aryl methyl sites for hydroxylation is 1. The number of hydrogen-bond acceptors (Lipinski definition) is 5. The molecule has 0 fully saturated rings. The molecule has 1 heterocycles.